The maximum atomic E-state index is 11.7. The summed E-state index contributed by atoms with van der Waals surface area (Å²) >= 11 is 0. The van der Waals surface area contributed by atoms with E-state index in [0.29, 0.717) is 5.56 Å². The van der Waals surface area contributed by atoms with Crippen molar-refractivity contribution in [3.05, 3.63) is 53.9 Å². The fraction of sp³-hybridized carbons (Fsp3) is 0.0769. The van der Waals surface area contributed by atoms with E-state index in [2.05, 4.69) is 10.5 Å². The van der Waals surface area contributed by atoms with E-state index in [-0.39, 0.29) is 11.7 Å². The van der Waals surface area contributed by atoms with Gasteiger partial charge in [0.15, 0.2) is 0 Å². The highest BCUT2D eigenvalue weighted by Crippen LogP contribution is 2.09. The maximum Gasteiger partial charge on any atom is 0.271 e. The first-order valence-electron chi connectivity index (χ1n) is 5.40. The van der Waals surface area contributed by atoms with Gasteiger partial charge in [-0.2, -0.15) is 5.10 Å². The molecular weight excluding hydrogens is 230 g/mol. The number of carbonyl (C=O) groups is 1. The summed E-state index contributed by atoms with van der Waals surface area (Å²) < 4.78 is 1.89. The standard InChI is InChI=1S/C13H13N3O2/c1-16-8-2-3-11(16)9-14-15-13(18)10-4-6-12(17)7-5-10/h2-9,17H,1H3,(H,15,18)/b14-9+. The first-order valence-corrected chi connectivity index (χ1v) is 5.40. The second kappa shape index (κ2) is 5.18. The molecule has 1 amide bonds. The van der Waals surface area contributed by atoms with E-state index < -0.39 is 0 Å². The molecule has 2 rings (SSSR count). The number of phenols is 1. The van der Waals surface area contributed by atoms with Gasteiger partial charge in [-0.1, -0.05) is 0 Å². The molecule has 18 heavy (non-hydrogen) atoms. The van der Waals surface area contributed by atoms with Crippen LogP contribution in [-0.2, 0) is 7.05 Å². The fourth-order valence-corrected chi connectivity index (χ4v) is 1.44. The van der Waals surface area contributed by atoms with Gasteiger partial charge in [0.05, 0.1) is 11.9 Å². The zero-order valence-electron chi connectivity index (χ0n) is 9.87. The monoisotopic (exact) mass is 243 g/mol. The minimum Gasteiger partial charge on any atom is -0.508 e. The van der Waals surface area contributed by atoms with Gasteiger partial charge in [-0.3, -0.25) is 4.79 Å². The van der Waals surface area contributed by atoms with Crippen LogP contribution in [0.25, 0.3) is 0 Å². The largest absolute Gasteiger partial charge is 0.508 e. The van der Waals surface area contributed by atoms with Crippen LogP contribution in [0.1, 0.15) is 16.1 Å². The van der Waals surface area contributed by atoms with Crippen LogP contribution >= 0.6 is 0 Å². The van der Waals surface area contributed by atoms with Gasteiger partial charge in [-0.25, -0.2) is 5.43 Å². The summed E-state index contributed by atoms with van der Waals surface area (Å²) in [5, 5.41) is 13.0. The van der Waals surface area contributed by atoms with Crippen molar-refractivity contribution in [3.8, 4) is 5.75 Å². The third kappa shape index (κ3) is 2.76. The first-order chi connectivity index (χ1) is 8.66. The molecule has 0 aliphatic carbocycles. The van der Waals surface area contributed by atoms with E-state index in [9.17, 15) is 4.79 Å². The summed E-state index contributed by atoms with van der Waals surface area (Å²) in [7, 11) is 1.89. The zero-order valence-corrected chi connectivity index (χ0v) is 9.87. The molecule has 0 unspecified atom stereocenters. The molecule has 0 saturated heterocycles. The lowest BCUT2D eigenvalue weighted by Crippen LogP contribution is -2.17. The Bertz CT molecular complexity index is 570. The van der Waals surface area contributed by atoms with E-state index in [1.54, 1.807) is 6.21 Å². The third-order valence-corrected chi connectivity index (χ3v) is 2.48. The van der Waals surface area contributed by atoms with Crippen LogP contribution < -0.4 is 5.43 Å². The maximum absolute atomic E-state index is 11.7. The summed E-state index contributed by atoms with van der Waals surface area (Å²) in [5.74, 6) is -0.195. The number of benzene rings is 1. The molecule has 1 heterocycles. The summed E-state index contributed by atoms with van der Waals surface area (Å²) in [6, 6.07) is 9.75. The lowest BCUT2D eigenvalue weighted by Gasteiger charge is -2.00. The van der Waals surface area contributed by atoms with Gasteiger partial charge in [0.1, 0.15) is 5.75 Å². The van der Waals surface area contributed by atoms with Gasteiger partial charge in [0, 0.05) is 18.8 Å². The molecule has 2 aromatic rings. The lowest BCUT2D eigenvalue weighted by molar-refractivity contribution is 0.0955. The second-order valence-electron chi connectivity index (χ2n) is 3.79. The summed E-state index contributed by atoms with van der Waals surface area (Å²) in [6.45, 7) is 0. The second-order valence-corrected chi connectivity index (χ2v) is 3.79. The van der Waals surface area contributed by atoms with Crippen molar-refractivity contribution in [2.45, 2.75) is 0 Å². The number of rotatable bonds is 3. The highest BCUT2D eigenvalue weighted by molar-refractivity contribution is 5.94. The molecule has 1 aromatic carbocycles. The number of aryl methyl sites for hydroxylation is 1. The highest BCUT2D eigenvalue weighted by atomic mass is 16.3. The number of nitrogens with one attached hydrogen (secondary N) is 1. The van der Waals surface area contributed by atoms with Gasteiger partial charge < -0.3 is 9.67 Å². The number of hydrazone groups is 1. The minimum absolute atomic E-state index is 0.124. The summed E-state index contributed by atoms with van der Waals surface area (Å²) in [5.41, 5.74) is 3.75. The molecule has 0 saturated carbocycles. The lowest BCUT2D eigenvalue weighted by atomic mass is 10.2. The van der Waals surface area contributed by atoms with Crippen LogP contribution in [0, 0.1) is 0 Å². The Morgan fingerprint density at radius 2 is 2.06 bits per heavy atom. The molecule has 0 aliphatic rings. The molecule has 0 fully saturated rings. The number of hydrogen-bond donors (Lipinski definition) is 2. The molecule has 92 valence electrons. The Balaban J connectivity index is 1.98. The van der Waals surface area contributed by atoms with Gasteiger partial charge in [0.2, 0.25) is 0 Å². The van der Waals surface area contributed by atoms with Gasteiger partial charge in [-0.15, -0.1) is 0 Å². The van der Waals surface area contributed by atoms with E-state index in [0.717, 1.165) is 5.69 Å². The Morgan fingerprint density at radius 3 is 2.67 bits per heavy atom. The van der Waals surface area contributed by atoms with Crippen molar-refractivity contribution in [2.75, 3.05) is 0 Å². The SMILES string of the molecule is Cn1cccc1/C=N/NC(=O)c1ccc(O)cc1. The Hall–Kier alpha value is -2.56. The number of aromatic nitrogens is 1. The molecule has 0 radical (unpaired) electrons. The average Bonchev–Trinajstić information content (AvgIpc) is 2.76. The number of hydrogen-bond acceptors (Lipinski definition) is 3. The van der Waals surface area contributed by atoms with E-state index in [4.69, 9.17) is 5.11 Å². The number of phenolic OH excluding ortho intramolecular Hbond substituents is 1. The normalized spacial score (nSPS) is 10.7. The van der Waals surface area contributed by atoms with Crippen LogP contribution in [0.2, 0.25) is 0 Å². The predicted molar refractivity (Wildman–Crippen MR) is 68.6 cm³/mol. The van der Waals surface area contributed by atoms with E-state index in [1.807, 2.05) is 29.9 Å². The van der Waals surface area contributed by atoms with Gasteiger partial charge in [0.25, 0.3) is 5.91 Å². The van der Waals surface area contributed by atoms with Crippen LogP contribution in [0.15, 0.2) is 47.7 Å². The Labute approximate surface area is 104 Å². The van der Waals surface area contributed by atoms with Crippen molar-refractivity contribution < 1.29 is 9.90 Å². The van der Waals surface area contributed by atoms with Crippen molar-refractivity contribution in [1.82, 2.24) is 9.99 Å². The molecule has 0 atom stereocenters. The Kier molecular flexibility index (Phi) is 3.43. The van der Waals surface area contributed by atoms with E-state index in [1.165, 1.54) is 24.3 Å². The summed E-state index contributed by atoms with van der Waals surface area (Å²) in [4.78, 5) is 11.7. The third-order valence-electron chi connectivity index (χ3n) is 2.48. The number of aromatic hydroxyl groups is 1. The topological polar surface area (TPSA) is 66.6 Å². The smallest absolute Gasteiger partial charge is 0.271 e. The average molecular weight is 243 g/mol. The minimum atomic E-state index is -0.319. The molecule has 5 nitrogen and oxygen atoms in total. The molecule has 0 spiro atoms. The van der Waals surface area contributed by atoms with Crippen molar-refractivity contribution >= 4 is 12.1 Å². The number of amides is 1. The molecule has 1 aromatic heterocycles. The van der Waals surface area contributed by atoms with Crippen molar-refractivity contribution in [1.29, 1.82) is 0 Å². The molecule has 2 N–H and O–H groups in total. The molecule has 0 bridgehead atoms. The van der Waals surface area contributed by atoms with Crippen molar-refractivity contribution in [3.63, 3.8) is 0 Å². The van der Waals surface area contributed by atoms with E-state index >= 15 is 0 Å². The molecule has 0 aliphatic heterocycles. The van der Waals surface area contributed by atoms with Crippen LogP contribution in [0.3, 0.4) is 0 Å². The summed E-state index contributed by atoms with van der Waals surface area (Å²) in [6.07, 6.45) is 3.46. The predicted octanol–water partition coefficient (Wildman–Crippen LogP) is 1.49. The van der Waals surface area contributed by atoms with Crippen LogP contribution in [0.5, 0.6) is 5.75 Å². The number of carbonyl (C=O) groups excluding carboxylic acids is 1. The highest BCUT2D eigenvalue weighted by Gasteiger charge is 2.03. The van der Waals surface area contributed by atoms with Crippen molar-refractivity contribution in [2.24, 2.45) is 12.1 Å². The first kappa shape index (κ1) is 11.9. The quantitative estimate of drug-likeness (QED) is 0.633. The molecule has 5 heteroatoms. The zero-order chi connectivity index (χ0) is 13.0. The fourth-order valence-electron chi connectivity index (χ4n) is 1.44. The Morgan fingerprint density at radius 1 is 1.33 bits per heavy atom. The number of nitrogens with zero attached hydrogens (tertiary/aromatic N) is 2. The van der Waals surface area contributed by atoms with Gasteiger partial charge in [-0.05, 0) is 36.4 Å². The van der Waals surface area contributed by atoms with Crippen LogP contribution in [0.4, 0.5) is 0 Å². The van der Waals surface area contributed by atoms with Crippen LogP contribution in [-0.4, -0.2) is 21.8 Å². The molecular formula is C13H13N3O2. The van der Waals surface area contributed by atoms with Gasteiger partial charge >= 0.3 is 0 Å².